The Morgan fingerprint density at radius 2 is 1.92 bits per heavy atom. The molecule has 0 unspecified atom stereocenters. The SMILES string of the molecule is CC1=CC=C(C2CCCCC2)NC1. The van der Waals surface area contributed by atoms with E-state index in [4.69, 9.17) is 0 Å². The van der Waals surface area contributed by atoms with Gasteiger partial charge >= 0.3 is 0 Å². The fraction of sp³-hybridized carbons (Fsp3) is 0.667. The van der Waals surface area contributed by atoms with E-state index in [0.717, 1.165) is 12.5 Å². The van der Waals surface area contributed by atoms with Crippen molar-refractivity contribution in [2.75, 3.05) is 6.54 Å². The Labute approximate surface area is 80.9 Å². The van der Waals surface area contributed by atoms with E-state index >= 15 is 0 Å². The highest BCUT2D eigenvalue weighted by Gasteiger charge is 2.18. The van der Waals surface area contributed by atoms with E-state index in [2.05, 4.69) is 24.4 Å². The van der Waals surface area contributed by atoms with Crippen LogP contribution in [0.25, 0.3) is 0 Å². The smallest absolute Gasteiger partial charge is 0.0357 e. The predicted molar refractivity (Wildman–Crippen MR) is 56.4 cm³/mol. The number of hydrogen-bond donors (Lipinski definition) is 1. The van der Waals surface area contributed by atoms with Gasteiger partial charge < -0.3 is 5.32 Å². The Kier molecular flexibility index (Phi) is 2.72. The van der Waals surface area contributed by atoms with Gasteiger partial charge in [0.05, 0.1) is 0 Å². The quantitative estimate of drug-likeness (QED) is 0.649. The lowest BCUT2D eigenvalue weighted by Crippen LogP contribution is -2.25. The predicted octanol–water partition coefficient (Wildman–Crippen LogP) is 3.00. The molecular weight excluding hydrogens is 158 g/mol. The van der Waals surface area contributed by atoms with E-state index < -0.39 is 0 Å². The average molecular weight is 177 g/mol. The summed E-state index contributed by atoms with van der Waals surface area (Å²) in [5, 5.41) is 3.53. The molecule has 0 radical (unpaired) electrons. The molecule has 0 atom stereocenters. The van der Waals surface area contributed by atoms with Crippen molar-refractivity contribution in [1.29, 1.82) is 0 Å². The third-order valence-corrected chi connectivity index (χ3v) is 3.16. The summed E-state index contributed by atoms with van der Waals surface area (Å²) in [4.78, 5) is 0. The zero-order valence-electron chi connectivity index (χ0n) is 8.47. The molecule has 0 bridgehead atoms. The first-order chi connectivity index (χ1) is 6.36. The van der Waals surface area contributed by atoms with Crippen molar-refractivity contribution in [3.63, 3.8) is 0 Å². The van der Waals surface area contributed by atoms with Crippen molar-refractivity contribution in [1.82, 2.24) is 5.32 Å². The van der Waals surface area contributed by atoms with Crippen LogP contribution in [-0.2, 0) is 0 Å². The van der Waals surface area contributed by atoms with Gasteiger partial charge in [0.15, 0.2) is 0 Å². The van der Waals surface area contributed by atoms with Crippen molar-refractivity contribution in [2.45, 2.75) is 39.0 Å². The Bertz CT molecular complexity index is 232. The number of dihydropyridines is 1. The highest BCUT2D eigenvalue weighted by atomic mass is 14.9. The van der Waals surface area contributed by atoms with E-state index in [9.17, 15) is 0 Å². The monoisotopic (exact) mass is 177 g/mol. The number of rotatable bonds is 1. The first-order valence-corrected chi connectivity index (χ1v) is 5.47. The van der Waals surface area contributed by atoms with Gasteiger partial charge in [0.2, 0.25) is 0 Å². The Morgan fingerprint density at radius 1 is 1.15 bits per heavy atom. The highest BCUT2D eigenvalue weighted by molar-refractivity contribution is 5.24. The van der Waals surface area contributed by atoms with Gasteiger partial charge in [0.25, 0.3) is 0 Å². The molecule has 2 aliphatic rings. The maximum atomic E-state index is 3.53. The molecule has 1 fully saturated rings. The van der Waals surface area contributed by atoms with Crippen LogP contribution in [0.4, 0.5) is 0 Å². The maximum absolute atomic E-state index is 3.53. The normalized spacial score (nSPS) is 24.7. The third kappa shape index (κ3) is 2.15. The largest absolute Gasteiger partial charge is 0.384 e. The van der Waals surface area contributed by atoms with Crippen molar-refractivity contribution >= 4 is 0 Å². The fourth-order valence-electron chi connectivity index (χ4n) is 2.29. The lowest BCUT2D eigenvalue weighted by atomic mass is 9.86. The summed E-state index contributed by atoms with van der Waals surface area (Å²) >= 11 is 0. The second kappa shape index (κ2) is 3.99. The van der Waals surface area contributed by atoms with Gasteiger partial charge in [-0.15, -0.1) is 0 Å². The minimum absolute atomic E-state index is 0.832. The lowest BCUT2D eigenvalue weighted by Gasteiger charge is -2.27. The second-order valence-electron chi connectivity index (χ2n) is 4.32. The van der Waals surface area contributed by atoms with Crippen LogP contribution in [0.3, 0.4) is 0 Å². The van der Waals surface area contributed by atoms with Gasteiger partial charge in [-0.1, -0.05) is 30.9 Å². The van der Waals surface area contributed by atoms with Crippen LogP contribution < -0.4 is 5.32 Å². The molecule has 1 aliphatic carbocycles. The molecule has 0 aromatic carbocycles. The van der Waals surface area contributed by atoms with Gasteiger partial charge in [-0.25, -0.2) is 0 Å². The molecule has 1 aliphatic heterocycles. The minimum atomic E-state index is 0.832. The van der Waals surface area contributed by atoms with E-state index in [-0.39, 0.29) is 0 Å². The molecule has 1 heterocycles. The Hall–Kier alpha value is -0.720. The molecule has 1 heteroatoms. The zero-order chi connectivity index (χ0) is 9.10. The topological polar surface area (TPSA) is 12.0 Å². The molecule has 0 aromatic rings. The standard InChI is InChI=1S/C12H19N/c1-10-7-8-12(13-9-10)11-5-3-2-4-6-11/h7-8,11,13H,2-6,9H2,1H3. The van der Waals surface area contributed by atoms with E-state index in [1.807, 2.05) is 0 Å². The number of allylic oxidation sites excluding steroid dienone is 3. The summed E-state index contributed by atoms with van der Waals surface area (Å²) in [5.74, 6) is 0.832. The van der Waals surface area contributed by atoms with Crippen LogP contribution in [0.15, 0.2) is 23.4 Å². The summed E-state index contributed by atoms with van der Waals surface area (Å²) in [6.45, 7) is 3.24. The summed E-state index contributed by atoms with van der Waals surface area (Å²) in [5.41, 5.74) is 2.94. The molecule has 2 rings (SSSR count). The van der Waals surface area contributed by atoms with E-state index in [0.29, 0.717) is 0 Å². The van der Waals surface area contributed by atoms with Crippen LogP contribution in [0, 0.1) is 5.92 Å². The molecule has 0 amide bonds. The van der Waals surface area contributed by atoms with Gasteiger partial charge in [-0.05, 0) is 31.8 Å². The Morgan fingerprint density at radius 3 is 2.54 bits per heavy atom. The van der Waals surface area contributed by atoms with Crippen molar-refractivity contribution < 1.29 is 0 Å². The van der Waals surface area contributed by atoms with Crippen LogP contribution in [0.2, 0.25) is 0 Å². The molecule has 1 N–H and O–H groups in total. The fourth-order valence-corrected chi connectivity index (χ4v) is 2.29. The van der Waals surface area contributed by atoms with Gasteiger partial charge in [0, 0.05) is 12.2 Å². The highest BCUT2D eigenvalue weighted by Crippen LogP contribution is 2.29. The third-order valence-electron chi connectivity index (χ3n) is 3.16. The van der Waals surface area contributed by atoms with Crippen LogP contribution >= 0.6 is 0 Å². The second-order valence-corrected chi connectivity index (χ2v) is 4.32. The molecular formula is C12H19N. The summed E-state index contributed by atoms with van der Waals surface area (Å²) in [6, 6.07) is 0. The first-order valence-electron chi connectivity index (χ1n) is 5.47. The maximum Gasteiger partial charge on any atom is 0.0357 e. The van der Waals surface area contributed by atoms with Crippen LogP contribution in [0.1, 0.15) is 39.0 Å². The summed E-state index contributed by atoms with van der Waals surface area (Å²) in [7, 11) is 0. The summed E-state index contributed by atoms with van der Waals surface area (Å²) < 4.78 is 0. The minimum Gasteiger partial charge on any atom is -0.384 e. The van der Waals surface area contributed by atoms with Crippen LogP contribution in [-0.4, -0.2) is 6.54 Å². The average Bonchev–Trinajstić information content (AvgIpc) is 2.20. The van der Waals surface area contributed by atoms with Crippen LogP contribution in [0.5, 0.6) is 0 Å². The van der Waals surface area contributed by atoms with Gasteiger partial charge in [-0.3, -0.25) is 0 Å². The van der Waals surface area contributed by atoms with Crippen molar-refractivity contribution in [3.05, 3.63) is 23.4 Å². The van der Waals surface area contributed by atoms with E-state index in [1.54, 1.807) is 0 Å². The molecule has 0 spiro atoms. The molecule has 0 saturated heterocycles. The van der Waals surface area contributed by atoms with Gasteiger partial charge in [0.1, 0.15) is 0 Å². The number of hydrogen-bond acceptors (Lipinski definition) is 1. The molecule has 1 nitrogen and oxygen atoms in total. The molecule has 13 heavy (non-hydrogen) atoms. The van der Waals surface area contributed by atoms with E-state index in [1.165, 1.54) is 43.4 Å². The zero-order valence-corrected chi connectivity index (χ0v) is 8.47. The molecule has 1 saturated carbocycles. The first kappa shape index (κ1) is 8.86. The lowest BCUT2D eigenvalue weighted by molar-refractivity contribution is 0.387. The molecule has 72 valence electrons. The van der Waals surface area contributed by atoms with Gasteiger partial charge in [-0.2, -0.15) is 0 Å². The number of nitrogens with one attached hydrogen (secondary N) is 1. The van der Waals surface area contributed by atoms with Crippen molar-refractivity contribution in [3.8, 4) is 0 Å². The Balaban J connectivity index is 1.99. The summed E-state index contributed by atoms with van der Waals surface area (Å²) in [6.07, 6.45) is 11.6. The van der Waals surface area contributed by atoms with Crippen molar-refractivity contribution in [2.24, 2.45) is 5.92 Å². The molecule has 0 aromatic heterocycles.